The molecule has 0 unspecified atom stereocenters. The number of fused-ring (bicyclic) bond motifs is 2. The number of carbonyl (C=O) groups is 1. The van der Waals surface area contributed by atoms with Gasteiger partial charge >= 0.3 is 0 Å². The maximum absolute atomic E-state index is 13.5. The van der Waals surface area contributed by atoms with Gasteiger partial charge in [0.1, 0.15) is 11.5 Å². The van der Waals surface area contributed by atoms with Crippen molar-refractivity contribution < 1.29 is 9.18 Å². The van der Waals surface area contributed by atoms with Crippen LogP contribution in [0.4, 0.5) is 9.52 Å². The van der Waals surface area contributed by atoms with E-state index in [1.165, 1.54) is 45.9 Å². The second kappa shape index (κ2) is 7.72. The molecule has 0 bridgehead atoms. The first-order chi connectivity index (χ1) is 15.0. The summed E-state index contributed by atoms with van der Waals surface area (Å²) in [6.45, 7) is 4.15. The summed E-state index contributed by atoms with van der Waals surface area (Å²) in [5, 5.41) is 5.15. The SMILES string of the molecule is Cc1cccc(C=Cc2nc3sccn3c2C(=O)Nc2nc3ccc(F)cc3s2)c1C. The molecule has 3 heterocycles. The molecule has 0 aliphatic heterocycles. The van der Waals surface area contributed by atoms with Crippen molar-refractivity contribution in [3.05, 3.63) is 81.9 Å². The number of carbonyl (C=O) groups excluding carboxylic acids is 1. The number of aromatic nitrogens is 3. The lowest BCUT2D eigenvalue weighted by molar-refractivity contribution is 0.102. The van der Waals surface area contributed by atoms with Crippen LogP contribution in [0.15, 0.2) is 48.0 Å². The standard InChI is InChI=1S/C23H17FN4OS2/c1-13-4-3-5-15(14(13)2)6-8-18-20(28-10-11-30-23(28)26-18)21(29)27-22-25-17-9-7-16(24)12-19(17)31-22/h3-12H,1-2H3,(H,25,27,29). The Morgan fingerprint density at radius 1 is 1.16 bits per heavy atom. The van der Waals surface area contributed by atoms with Gasteiger partial charge in [-0.1, -0.05) is 35.6 Å². The molecule has 1 amide bonds. The fourth-order valence-electron chi connectivity index (χ4n) is 3.38. The predicted octanol–water partition coefficient (Wildman–Crippen LogP) is 6.18. The molecule has 5 rings (SSSR count). The lowest BCUT2D eigenvalue weighted by Gasteiger charge is -2.04. The van der Waals surface area contributed by atoms with Crippen molar-refractivity contribution in [3.63, 3.8) is 0 Å². The molecule has 1 N–H and O–H groups in total. The van der Waals surface area contributed by atoms with Gasteiger partial charge in [0.05, 0.1) is 15.9 Å². The number of imidazole rings is 1. The van der Waals surface area contributed by atoms with Crippen molar-refractivity contribution in [2.45, 2.75) is 13.8 Å². The fraction of sp³-hybridized carbons (Fsp3) is 0.0870. The monoisotopic (exact) mass is 448 g/mol. The number of benzene rings is 2. The topological polar surface area (TPSA) is 59.3 Å². The van der Waals surface area contributed by atoms with Crippen molar-refractivity contribution in [1.82, 2.24) is 14.4 Å². The summed E-state index contributed by atoms with van der Waals surface area (Å²) in [4.78, 5) is 22.9. The quantitative estimate of drug-likeness (QED) is 0.357. The van der Waals surface area contributed by atoms with Gasteiger partial charge < -0.3 is 0 Å². The van der Waals surface area contributed by atoms with E-state index in [0.29, 0.717) is 26.7 Å². The van der Waals surface area contributed by atoms with Crippen LogP contribution in [0.3, 0.4) is 0 Å². The summed E-state index contributed by atoms with van der Waals surface area (Å²) in [6, 6.07) is 10.5. The van der Waals surface area contributed by atoms with Gasteiger partial charge in [0.2, 0.25) is 0 Å². The van der Waals surface area contributed by atoms with Gasteiger partial charge in [-0.2, -0.15) is 0 Å². The number of amides is 1. The molecule has 0 atom stereocenters. The molecular weight excluding hydrogens is 431 g/mol. The van der Waals surface area contributed by atoms with Crippen LogP contribution in [0.25, 0.3) is 27.3 Å². The predicted molar refractivity (Wildman–Crippen MR) is 125 cm³/mol. The van der Waals surface area contributed by atoms with Crippen molar-refractivity contribution >= 4 is 61.0 Å². The second-order valence-electron chi connectivity index (χ2n) is 7.11. The van der Waals surface area contributed by atoms with E-state index in [1.807, 2.05) is 35.9 Å². The molecule has 31 heavy (non-hydrogen) atoms. The van der Waals surface area contributed by atoms with Crippen LogP contribution in [0, 0.1) is 19.7 Å². The van der Waals surface area contributed by atoms with E-state index in [0.717, 1.165) is 10.5 Å². The Morgan fingerprint density at radius 3 is 2.90 bits per heavy atom. The minimum absolute atomic E-state index is 0.314. The number of hydrogen-bond donors (Lipinski definition) is 1. The maximum atomic E-state index is 13.5. The van der Waals surface area contributed by atoms with E-state index >= 15 is 0 Å². The largest absolute Gasteiger partial charge is 0.296 e. The molecule has 0 fully saturated rings. The lowest BCUT2D eigenvalue weighted by atomic mass is 10.0. The molecule has 154 valence electrons. The van der Waals surface area contributed by atoms with E-state index in [9.17, 15) is 9.18 Å². The molecule has 5 aromatic rings. The number of anilines is 1. The molecule has 0 aliphatic rings. The number of nitrogens with zero attached hydrogens (tertiary/aromatic N) is 3. The summed E-state index contributed by atoms with van der Waals surface area (Å²) in [6.07, 6.45) is 5.67. The third-order valence-electron chi connectivity index (χ3n) is 5.14. The highest BCUT2D eigenvalue weighted by molar-refractivity contribution is 7.22. The van der Waals surface area contributed by atoms with Crippen LogP contribution >= 0.6 is 22.7 Å². The van der Waals surface area contributed by atoms with Crippen molar-refractivity contribution in [2.75, 3.05) is 5.32 Å². The van der Waals surface area contributed by atoms with Crippen molar-refractivity contribution in [1.29, 1.82) is 0 Å². The van der Waals surface area contributed by atoms with Gasteiger partial charge in [-0.3, -0.25) is 14.5 Å². The first-order valence-corrected chi connectivity index (χ1v) is 11.3. The summed E-state index contributed by atoms with van der Waals surface area (Å²) in [5.74, 6) is -0.644. The molecule has 0 saturated carbocycles. The molecular formula is C23H17FN4OS2. The van der Waals surface area contributed by atoms with Gasteiger partial charge in [0.15, 0.2) is 10.1 Å². The average Bonchev–Trinajstić information content (AvgIpc) is 3.42. The number of thiazole rings is 2. The van der Waals surface area contributed by atoms with Crippen LogP contribution < -0.4 is 5.32 Å². The molecule has 0 spiro atoms. The first-order valence-electron chi connectivity index (χ1n) is 9.57. The lowest BCUT2D eigenvalue weighted by Crippen LogP contribution is -2.15. The van der Waals surface area contributed by atoms with E-state index in [-0.39, 0.29) is 11.7 Å². The summed E-state index contributed by atoms with van der Waals surface area (Å²) < 4.78 is 15.9. The van der Waals surface area contributed by atoms with E-state index < -0.39 is 0 Å². The third-order valence-corrected chi connectivity index (χ3v) is 6.83. The Labute approximate surface area is 185 Å². The molecule has 0 radical (unpaired) electrons. The molecule has 0 aliphatic carbocycles. The van der Waals surface area contributed by atoms with Gasteiger partial charge in [0.25, 0.3) is 5.91 Å². The zero-order valence-corrected chi connectivity index (χ0v) is 18.4. The highest BCUT2D eigenvalue weighted by Crippen LogP contribution is 2.28. The van der Waals surface area contributed by atoms with E-state index in [1.54, 1.807) is 10.5 Å². The molecule has 8 heteroatoms. The first kappa shape index (κ1) is 19.6. The number of halogens is 1. The van der Waals surface area contributed by atoms with E-state index in [4.69, 9.17) is 0 Å². The number of rotatable bonds is 4. The smallest absolute Gasteiger partial charge is 0.276 e. The van der Waals surface area contributed by atoms with Crippen LogP contribution in [-0.4, -0.2) is 20.3 Å². The van der Waals surface area contributed by atoms with Crippen molar-refractivity contribution in [3.8, 4) is 0 Å². The molecule has 5 nitrogen and oxygen atoms in total. The van der Waals surface area contributed by atoms with Gasteiger partial charge in [0, 0.05) is 11.6 Å². The normalized spacial score (nSPS) is 11.7. The maximum Gasteiger partial charge on any atom is 0.276 e. The van der Waals surface area contributed by atoms with Crippen LogP contribution in [0.2, 0.25) is 0 Å². The van der Waals surface area contributed by atoms with Crippen LogP contribution in [0.5, 0.6) is 0 Å². The summed E-state index contributed by atoms with van der Waals surface area (Å²) >= 11 is 2.70. The van der Waals surface area contributed by atoms with Gasteiger partial charge in [-0.05, 0) is 54.8 Å². The fourth-order valence-corrected chi connectivity index (χ4v) is 4.98. The Kier molecular flexibility index (Phi) is 4.88. The minimum Gasteiger partial charge on any atom is -0.296 e. The molecule has 3 aromatic heterocycles. The summed E-state index contributed by atoms with van der Waals surface area (Å²) in [5.41, 5.74) is 5.13. The minimum atomic E-state index is -0.330. The van der Waals surface area contributed by atoms with Gasteiger partial charge in [-0.25, -0.2) is 14.4 Å². The Morgan fingerprint density at radius 2 is 2.03 bits per heavy atom. The zero-order valence-electron chi connectivity index (χ0n) is 16.7. The second-order valence-corrected chi connectivity index (χ2v) is 9.01. The van der Waals surface area contributed by atoms with Crippen molar-refractivity contribution in [2.24, 2.45) is 0 Å². The number of aryl methyl sites for hydroxylation is 1. The number of nitrogens with one attached hydrogen (secondary N) is 1. The number of hydrogen-bond acceptors (Lipinski definition) is 5. The highest BCUT2D eigenvalue weighted by atomic mass is 32.1. The van der Waals surface area contributed by atoms with Crippen LogP contribution in [-0.2, 0) is 0 Å². The Balaban J connectivity index is 1.51. The third kappa shape index (κ3) is 3.64. The Hall–Kier alpha value is -3.36. The highest BCUT2D eigenvalue weighted by Gasteiger charge is 2.20. The van der Waals surface area contributed by atoms with Crippen LogP contribution in [0.1, 0.15) is 32.9 Å². The molecule has 2 aromatic carbocycles. The molecule has 0 saturated heterocycles. The van der Waals surface area contributed by atoms with E-state index in [2.05, 4.69) is 35.2 Å². The average molecular weight is 449 g/mol. The van der Waals surface area contributed by atoms with Gasteiger partial charge in [-0.15, -0.1) is 11.3 Å². The Bertz CT molecular complexity index is 1480. The zero-order chi connectivity index (χ0) is 21.5. The summed E-state index contributed by atoms with van der Waals surface area (Å²) in [7, 11) is 0.